The van der Waals surface area contributed by atoms with E-state index < -0.39 is 0 Å². The van der Waals surface area contributed by atoms with E-state index in [1.165, 1.54) is 45.2 Å². The van der Waals surface area contributed by atoms with Crippen LogP contribution in [-0.4, -0.2) is 48.8 Å². The fourth-order valence-electron chi connectivity index (χ4n) is 3.97. The highest BCUT2D eigenvalue weighted by atomic mass is 16.3. The van der Waals surface area contributed by atoms with Crippen LogP contribution in [0.15, 0.2) is 0 Å². The third-order valence-electron chi connectivity index (χ3n) is 5.01. The van der Waals surface area contributed by atoms with Gasteiger partial charge in [0.15, 0.2) is 0 Å². The number of hydrogen-bond acceptors (Lipinski definition) is 3. The quantitative estimate of drug-likeness (QED) is 0.786. The maximum atomic E-state index is 9.88. The number of piperidine rings is 1. The minimum atomic E-state index is -0.0898. The van der Waals surface area contributed by atoms with E-state index >= 15 is 0 Å². The molecule has 0 amide bonds. The number of nitrogens with zero attached hydrogens (tertiary/aromatic N) is 1. The van der Waals surface area contributed by atoms with Crippen LogP contribution < -0.4 is 5.32 Å². The summed E-state index contributed by atoms with van der Waals surface area (Å²) in [6, 6.07) is 0. The van der Waals surface area contributed by atoms with Gasteiger partial charge in [0, 0.05) is 19.6 Å². The van der Waals surface area contributed by atoms with E-state index in [0.29, 0.717) is 5.41 Å². The highest BCUT2D eigenvalue weighted by molar-refractivity contribution is 4.89. The van der Waals surface area contributed by atoms with E-state index in [9.17, 15) is 5.11 Å². The summed E-state index contributed by atoms with van der Waals surface area (Å²) in [4.78, 5) is 2.52. The van der Waals surface area contributed by atoms with E-state index in [-0.39, 0.29) is 6.10 Å². The van der Waals surface area contributed by atoms with Gasteiger partial charge in [0.2, 0.25) is 0 Å². The van der Waals surface area contributed by atoms with Gasteiger partial charge in [-0.25, -0.2) is 0 Å². The molecule has 0 aromatic heterocycles. The summed E-state index contributed by atoms with van der Waals surface area (Å²) in [6.07, 6.45) is 8.99. The number of aliphatic hydroxyl groups excluding tert-OH is 1. The Balaban J connectivity index is 1.88. The third-order valence-corrected chi connectivity index (χ3v) is 5.01. The molecule has 0 aromatic rings. The van der Waals surface area contributed by atoms with E-state index in [4.69, 9.17) is 0 Å². The third kappa shape index (κ3) is 5.01. The number of aliphatic hydroxyl groups is 1. The molecule has 0 aromatic carbocycles. The molecular weight excluding hydrogens is 248 g/mol. The van der Waals surface area contributed by atoms with Crippen LogP contribution in [0.3, 0.4) is 0 Å². The van der Waals surface area contributed by atoms with Crippen LogP contribution in [0.1, 0.15) is 58.8 Å². The summed E-state index contributed by atoms with van der Waals surface area (Å²) in [5, 5.41) is 13.6. The van der Waals surface area contributed by atoms with Crippen LogP contribution in [0, 0.1) is 11.3 Å². The van der Waals surface area contributed by atoms with Gasteiger partial charge in [0.05, 0.1) is 6.10 Å². The first-order valence-electron chi connectivity index (χ1n) is 8.71. The zero-order valence-electron chi connectivity index (χ0n) is 13.5. The standard InChI is InChI=1S/C17H34N2O/c1-15(2)11-18-13-17(8-4-3-5-9-17)14-19-10-6-7-16(20)12-19/h15-16,18,20H,3-14H2,1-2H3. The van der Waals surface area contributed by atoms with Gasteiger partial charge in [-0.05, 0) is 50.1 Å². The lowest BCUT2D eigenvalue weighted by molar-refractivity contribution is 0.0306. The van der Waals surface area contributed by atoms with Gasteiger partial charge >= 0.3 is 0 Å². The van der Waals surface area contributed by atoms with Crippen molar-refractivity contribution in [3.63, 3.8) is 0 Å². The van der Waals surface area contributed by atoms with Crippen LogP contribution in [0.2, 0.25) is 0 Å². The molecule has 1 saturated heterocycles. The van der Waals surface area contributed by atoms with E-state index in [1.54, 1.807) is 0 Å². The molecule has 1 unspecified atom stereocenters. The normalized spacial score (nSPS) is 27.9. The lowest BCUT2D eigenvalue weighted by Gasteiger charge is -2.43. The molecule has 3 heteroatoms. The van der Waals surface area contributed by atoms with Crippen LogP contribution in [0.4, 0.5) is 0 Å². The summed E-state index contributed by atoms with van der Waals surface area (Å²) in [6.45, 7) is 10.1. The van der Waals surface area contributed by atoms with Crippen molar-refractivity contribution < 1.29 is 5.11 Å². The average molecular weight is 282 g/mol. The van der Waals surface area contributed by atoms with E-state index in [1.807, 2.05) is 0 Å². The Hall–Kier alpha value is -0.120. The van der Waals surface area contributed by atoms with Crippen LogP contribution >= 0.6 is 0 Å². The monoisotopic (exact) mass is 282 g/mol. The van der Waals surface area contributed by atoms with Crippen molar-refractivity contribution in [1.82, 2.24) is 10.2 Å². The van der Waals surface area contributed by atoms with Gasteiger partial charge in [0.1, 0.15) is 0 Å². The van der Waals surface area contributed by atoms with Crippen LogP contribution in [0.25, 0.3) is 0 Å². The summed E-state index contributed by atoms with van der Waals surface area (Å²) in [7, 11) is 0. The molecular formula is C17H34N2O. The zero-order valence-corrected chi connectivity index (χ0v) is 13.5. The molecule has 20 heavy (non-hydrogen) atoms. The van der Waals surface area contributed by atoms with Gasteiger partial charge in [-0.15, -0.1) is 0 Å². The largest absolute Gasteiger partial charge is 0.392 e. The Morgan fingerprint density at radius 2 is 1.95 bits per heavy atom. The van der Waals surface area contributed by atoms with Crippen molar-refractivity contribution in [3.8, 4) is 0 Å². The fourth-order valence-corrected chi connectivity index (χ4v) is 3.97. The lowest BCUT2D eigenvalue weighted by Crippen LogP contribution is -2.49. The predicted octanol–water partition coefficient (Wildman–Crippen LogP) is 2.64. The van der Waals surface area contributed by atoms with Gasteiger partial charge < -0.3 is 15.3 Å². The molecule has 0 radical (unpaired) electrons. The predicted molar refractivity (Wildman–Crippen MR) is 84.9 cm³/mol. The number of rotatable bonds is 6. The highest BCUT2D eigenvalue weighted by Crippen LogP contribution is 2.37. The molecule has 2 fully saturated rings. The van der Waals surface area contributed by atoms with Crippen molar-refractivity contribution in [3.05, 3.63) is 0 Å². The summed E-state index contributed by atoms with van der Waals surface area (Å²) in [5.41, 5.74) is 0.462. The van der Waals surface area contributed by atoms with Gasteiger partial charge in [-0.3, -0.25) is 0 Å². The van der Waals surface area contributed by atoms with Crippen molar-refractivity contribution in [2.75, 3.05) is 32.7 Å². The summed E-state index contributed by atoms with van der Waals surface area (Å²) < 4.78 is 0. The van der Waals surface area contributed by atoms with E-state index in [0.717, 1.165) is 38.4 Å². The molecule has 1 saturated carbocycles. The van der Waals surface area contributed by atoms with Crippen molar-refractivity contribution in [1.29, 1.82) is 0 Å². The first-order chi connectivity index (χ1) is 9.60. The van der Waals surface area contributed by atoms with Crippen molar-refractivity contribution in [2.45, 2.75) is 64.9 Å². The molecule has 1 heterocycles. The second-order valence-corrected chi connectivity index (χ2v) is 7.62. The number of hydrogen-bond donors (Lipinski definition) is 2. The molecule has 0 spiro atoms. The molecule has 2 aliphatic rings. The molecule has 2 N–H and O–H groups in total. The van der Waals surface area contributed by atoms with Crippen molar-refractivity contribution >= 4 is 0 Å². The minimum absolute atomic E-state index is 0.0898. The Kier molecular flexibility index (Phi) is 6.31. The zero-order chi connectivity index (χ0) is 14.4. The van der Waals surface area contributed by atoms with Gasteiger partial charge in [-0.1, -0.05) is 33.1 Å². The maximum absolute atomic E-state index is 9.88. The second-order valence-electron chi connectivity index (χ2n) is 7.62. The number of nitrogens with one attached hydrogen (secondary N) is 1. The van der Waals surface area contributed by atoms with Crippen LogP contribution in [-0.2, 0) is 0 Å². The van der Waals surface area contributed by atoms with E-state index in [2.05, 4.69) is 24.1 Å². The molecule has 118 valence electrons. The molecule has 1 aliphatic carbocycles. The lowest BCUT2D eigenvalue weighted by atomic mass is 9.73. The average Bonchev–Trinajstić information content (AvgIpc) is 2.39. The topological polar surface area (TPSA) is 35.5 Å². The smallest absolute Gasteiger partial charge is 0.0667 e. The molecule has 0 bridgehead atoms. The molecule has 1 aliphatic heterocycles. The Morgan fingerprint density at radius 1 is 1.20 bits per heavy atom. The van der Waals surface area contributed by atoms with Crippen molar-refractivity contribution in [2.24, 2.45) is 11.3 Å². The highest BCUT2D eigenvalue weighted by Gasteiger charge is 2.34. The van der Waals surface area contributed by atoms with Crippen LogP contribution in [0.5, 0.6) is 0 Å². The first kappa shape index (κ1) is 16.3. The SMILES string of the molecule is CC(C)CNCC1(CN2CCCC(O)C2)CCCCC1. The van der Waals surface area contributed by atoms with Gasteiger partial charge in [0.25, 0.3) is 0 Å². The summed E-state index contributed by atoms with van der Waals surface area (Å²) in [5.74, 6) is 0.729. The molecule has 1 atom stereocenters. The number of β-amino-alcohol motifs (C(OH)–C–C–N with tert-alkyl or cyclic N) is 1. The Bertz CT molecular complexity index is 274. The Labute approximate surface area is 125 Å². The minimum Gasteiger partial charge on any atom is -0.392 e. The maximum Gasteiger partial charge on any atom is 0.0667 e. The number of likely N-dealkylation sites (tertiary alicyclic amines) is 1. The fraction of sp³-hybridized carbons (Fsp3) is 1.00. The van der Waals surface area contributed by atoms with Gasteiger partial charge in [-0.2, -0.15) is 0 Å². The summed E-state index contributed by atoms with van der Waals surface area (Å²) >= 11 is 0. The second kappa shape index (κ2) is 7.77. The first-order valence-corrected chi connectivity index (χ1v) is 8.71. The Morgan fingerprint density at radius 3 is 2.60 bits per heavy atom. The molecule has 3 nitrogen and oxygen atoms in total. The molecule has 2 rings (SSSR count).